The van der Waals surface area contributed by atoms with Gasteiger partial charge in [0, 0.05) is 87.4 Å². The minimum Gasteiger partial charge on any atom is -0.354 e. The molecule has 4 aliphatic heterocycles. The molecule has 0 unspecified atom stereocenters. The number of rotatable bonds is 8. The molecule has 4 aliphatic rings. The largest absolute Gasteiger partial charge is 0.354 e. The van der Waals surface area contributed by atoms with E-state index in [2.05, 4.69) is 30.0 Å². The number of fused-ring (bicyclic) bond motifs is 1. The van der Waals surface area contributed by atoms with Gasteiger partial charge in [0.2, 0.25) is 5.91 Å². The highest BCUT2D eigenvalue weighted by atomic mass is 19.1. The van der Waals surface area contributed by atoms with Gasteiger partial charge in [-0.25, -0.2) is 32.4 Å². The summed E-state index contributed by atoms with van der Waals surface area (Å²) in [7, 11) is 0. The van der Waals surface area contributed by atoms with Crippen molar-refractivity contribution in [1.29, 1.82) is 0 Å². The lowest BCUT2D eigenvalue weighted by molar-refractivity contribution is -0.120. The summed E-state index contributed by atoms with van der Waals surface area (Å²) in [5.74, 6) is -0.166. The van der Waals surface area contributed by atoms with Crippen molar-refractivity contribution in [2.45, 2.75) is 50.7 Å². The Balaban J connectivity index is 0.808. The lowest BCUT2D eigenvalue weighted by Gasteiger charge is -2.43. The minimum atomic E-state index is -0.586. The summed E-state index contributed by atoms with van der Waals surface area (Å²) >= 11 is 0. The van der Waals surface area contributed by atoms with Crippen LogP contribution in [-0.4, -0.2) is 99.7 Å². The van der Waals surface area contributed by atoms with Crippen molar-refractivity contribution in [2.24, 2.45) is 0 Å². The number of urea groups is 1. The zero-order valence-electron chi connectivity index (χ0n) is 31.0. The van der Waals surface area contributed by atoms with Crippen LogP contribution in [0.15, 0.2) is 73.1 Å². The van der Waals surface area contributed by atoms with Gasteiger partial charge >= 0.3 is 6.03 Å². The summed E-state index contributed by atoms with van der Waals surface area (Å²) in [4.78, 5) is 44.4. The number of piperazine rings is 1. The number of amides is 3. The van der Waals surface area contributed by atoms with Crippen LogP contribution < -0.4 is 20.0 Å². The average Bonchev–Trinajstić information content (AvgIpc) is 3.87. The standard InChI is InChI=1S/C41H43F3N10O2/c42-28-7-9-31(34(44)23-28)36-4-2-14-53(36)38-12-18-54-40(47-38)32(25-45-54)35-3-1-5-37(46-35)51-21-19-50(20-22-51)29-10-15-49(16-11-29)26-27-6-8-30(24-33(27)43)52-17-13-39(55)48-41(52)56/h1,3,5-9,12,18,23-25,29,36H,2,4,10-11,13-17,19-22,26H2,(H,48,55,56)/t36-/m1/s1. The molecule has 3 amide bonds. The van der Waals surface area contributed by atoms with Crippen LogP contribution in [0.3, 0.4) is 0 Å². The van der Waals surface area contributed by atoms with Crippen molar-refractivity contribution in [1.82, 2.24) is 34.7 Å². The van der Waals surface area contributed by atoms with E-state index in [4.69, 9.17) is 9.97 Å². The Hall–Kier alpha value is -5.54. The molecule has 290 valence electrons. The number of likely N-dealkylation sites (tertiary alicyclic amines) is 1. The molecule has 56 heavy (non-hydrogen) atoms. The second-order valence-corrected chi connectivity index (χ2v) is 15.1. The normalized spacial score (nSPS) is 20.3. The molecular formula is C41H43F3N10O2. The quantitative estimate of drug-likeness (QED) is 0.211. The predicted octanol–water partition coefficient (Wildman–Crippen LogP) is 5.78. The Morgan fingerprint density at radius 3 is 2.41 bits per heavy atom. The van der Waals surface area contributed by atoms with Crippen molar-refractivity contribution in [3.05, 3.63) is 102 Å². The molecule has 7 heterocycles. The van der Waals surface area contributed by atoms with Crippen molar-refractivity contribution in [3.63, 3.8) is 0 Å². The Labute approximate surface area is 322 Å². The number of aromatic nitrogens is 4. The molecule has 0 saturated carbocycles. The Bertz CT molecular complexity index is 2270. The van der Waals surface area contributed by atoms with Crippen LogP contribution in [0.1, 0.15) is 49.3 Å². The fourth-order valence-electron chi connectivity index (χ4n) is 8.73. The molecule has 0 bridgehead atoms. The van der Waals surface area contributed by atoms with Crippen molar-refractivity contribution < 1.29 is 22.8 Å². The van der Waals surface area contributed by atoms with Gasteiger partial charge in [-0.3, -0.25) is 24.8 Å². The van der Waals surface area contributed by atoms with E-state index in [0.29, 0.717) is 35.0 Å². The van der Waals surface area contributed by atoms with Gasteiger partial charge in [-0.1, -0.05) is 18.2 Å². The summed E-state index contributed by atoms with van der Waals surface area (Å²) in [6.45, 7) is 6.78. The van der Waals surface area contributed by atoms with Gasteiger partial charge in [0.15, 0.2) is 5.65 Å². The van der Waals surface area contributed by atoms with Gasteiger partial charge < -0.3 is 9.80 Å². The summed E-state index contributed by atoms with van der Waals surface area (Å²) in [6, 6.07) is 16.3. The number of piperidine rings is 1. The summed E-state index contributed by atoms with van der Waals surface area (Å²) in [5, 5.41) is 6.84. The number of carbonyl (C=O) groups excluding carboxylic acids is 2. The number of carbonyl (C=O) groups is 2. The van der Waals surface area contributed by atoms with Crippen LogP contribution in [0.25, 0.3) is 16.9 Å². The average molecular weight is 765 g/mol. The lowest BCUT2D eigenvalue weighted by Crippen LogP contribution is -2.53. The third-order valence-corrected chi connectivity index (χ3v) is 11.7. The molecule has 0 spiro atoms. The molecule has 9 rings (SSSR count). The fourth-order valence-corrected chi connectivity index (χ4v) is 8.73. The van der Waals surface area contributed by atoms with Crippen LogP contribution in [0.4, 0.5) is 35.3 Å². The smallest absolute Gasteiger partial charge is 0.328 e. The van der Waals surface area contributed by atoms with E-state index < -0.39 is 17.7 Å². The second-order valence-electron chi connectivity index (χ2n) is 15.1. The number of benzene rings is 2. The van der Waals surface area contributed by atoms with Crippen molar-refractivity contribution in [2.75, 3.05) is 67.1 Å². The molecule has 4 saturated heterocycles. The Kier molecular flexibility index (Phi) is 9.79. The van der Waals surface area contributed by atoms with Crippen molar-refractivity contribution in [3.8, 4) is 11.3 Å². The third kappa shape index (κ3) is 7.16. The molecule has 12 nitrogen and oxygen atoms in total. The van der Waals surface area contributed by atoms with Gasteiger partial charge in [-0.2, -0.15) is 5.10 Å². The number of hydrogen-bond acceptors (Lipinski definition) is 9. The Morgan fingerprint density at radius 1 is 0.786 bits per heavy atom. The van der Waals surface area contributed by atoms with Crippen LogP contribution in [0, 0.1) is 17.5 Å². The molecule has 3 aromatic heterocycles. The predicted molar refractivity (Wildman–Crippen MR) is 206 cm³/mol. The monoisotopic (exact) mass is 764 g/mol. The molecule has 4 fully saturated rings. The van der Waals surface area contributed by atoms with Crippen LogP contribution >= 0.6 is 0 Å². The highest BCUT2D eigenvalue weighted by Gasteiger charge is 2.31. The number of pyridine rings is 1. The van der Waals surface area contributed by atoms with E-state index in [0.717, 1.165) is 100 Å². The van der Waals surface area contributed by atoms with E-state index in [1.54, 1.807) is 22.8 Å². The maximum Gasteiger partial charge on any atom is 0.328 e. The van der Waals surface area contributed by atoms with Crippen LogP contribution in [0.2, 0.25) is 0 Å². The molecular weight excluding hydrogens is 722 g/mol. The summed E-state index contributed by atoms with van der Waals surface area (Å²) < 4.78 is 45.3. The zero-order valence-corrected chi connectivity index (χ0v) is 31.0. The van der Waals surface area contributed by atoms with E-state index in [1.807, 2.05) is 30.5 Å². The molecule has 0 aliphatic carbocycles. The first-order valence-corrected chi connectivity index (χ1v) is 19.4. The zero-order chi connectivity index (χ0) is 38.3. The number of anilines is 3. The number of halogens is 3. The maximum absolute atomic E-state index is 15.1. The van der Waals surface area contributed by atoms with Gasteiger partial charge in [0.1, 0.15) is 29.1 Å². The van der Waals surface area contributed by atoms with E-state index in [1.165, 1.54) is 23.1 Å². The van der Waals surface area contributed by atoms with Gasteiger partial charge in [-0.15, -0.1) is 0 Å². The van der Waals surface area contributed by atoms with E-state index in [9.17, 15) is 18.4 Å². The molecule has 2 aromatic carbocycles. The van der Waals surface area contributed by atoms with Crippen LogP contribution in [0.5, 0.6) is 0 Å². The molecule has 1 N–H and O–H groups in total. The summed E-state index contributed by atoms with van der Waals surface area (Å²) in [5.41, 5.74) is 3.78. The molecule has 5 aromatic rings. The lowest BCUT2D eigenvalue weighted by atomic mass is 10.0. The number of nitrogens with one attached hydrogen (secondary N) is 1. The third-order valence-electron chi connectivity index (χ3n) is 11.7. The van der Waals surface area contributed by atoms with Gasteiger partial charge in [-0.05, 0) is 75.2 Å². The van der Waals surface area contributed by atoms with Gasteiger partial charge in [0.05, 0.1) is 23.5 Å². The summed E-state index contributed by atoms with van der Waals surface area (Å²) in [6.07, 6.45) is 7.50. The SMILES string of the molecule is O=C1CCN(c2ccc(CN3CCC(N4CCN(c5cccc(-c6cnn7ccc(N8CCC[C@@H]8c8ccc(F)cc8F)nc67)n5)CC4)CC3)c(F)c2)C(=O)N1. The molecule has 15 heteroatoms. The second kappa shape index (κ2) is 15.2. The van der Waals surface area contributed by atoms with Gasteiger partial charge in [0.25, 0.3) is 0 Å². The molecule has 0 radical (unpaired) electrons. The first-order chi connectivity index (χ1) is 27.3. The first kappa shape index (κ1) is 36.1. The fraction of sp³-hybridized carbons (Fsp3) is 0.390. The number of hydrogen-bond donors (Lipinski definition) is 1. The first-order valence-electron chi connectivity index (χ1n) is 19.4. The van der Waals surface area contributed by atoms with E-state index in [-0.39, 0.29) is 30.7 Å². The number of nitrogens with zero attached hydrogens (tertiary/aromatic N) is 9. The Morgan fingerprint density at radius 2 is 1.62 bits per heavy atom. The highest BCUT2D eigenvalue weighted by molar-refractivity contribution is 6.05. The van der Waals surface area contributed by atoms with Crippen LogP contribution in [-0.2, 0) is 11.3 Å². The topological polar surface area (TPSA) is 105 Å². The minimum absolute atomic E-state index is 0.195. The van der Waals surface area contributed by atoms with E-state index >= 15 is 4.39 Å². The number of imide groups is 1. The molecule has 1 atom stereocenters. The highest BCUT2D eigenvalue weighted by Crippen LogP contribution is 2.37. The maximum atomic E-state index is 15.1. The van der Waals surface area contributed by atoms with Crippen molar-refractivity contribution >= 4 is 34.9 Å².